The quantitative estimate of drug-likeness (QED) is 0.725. The van der Waals surface area contributed by atoms with Crippen LogP contribution in [-0.4, -0.2) is 6.61 Å². The van der Waals surface area contributed by atoms with Gasteiger partial charge in [-0.2, -0.15) is 0 Å². The van der Waals surface area contributed by atoms with Gasteiger partial charge in [0.1, 0.15) is 5.75 Å². The van der Waals surface area contributed by atoms with E-state index in [1.807, 2.05) is 0 Å². The molecule has 0 radical (unpaired) electrons. The molecule has 0 N–H and O–H groups in total. The Morgan fingerprint density at radius 3 is 2.80 bits per heavy atom. The SMILES string of the molecule is CCC(CC)c1ccc2c(c1)CCCO2. The summed E-state index contributed by atoms with van der Waals surface area (Å²) in [6, 6.07) is 6.75. The third kappa shape index (κ3) is 2.17. The second-order valence-electron chi connectivity index (χ2n) is 4.33. The van der Waals surface area contributed by atoms with Gasteiger partial charge in [0.05, 0.1) is 6.61 Å². The minimum absolute atomic E-state index is 0.720. The fourth-order valence-corrected chi connectivity index (χ4v) is 2.39. The highest BCUT2D eigenvalue weighted by Crippen LogP contribution is 2.30. The normalized spacial score (nSPS) is 14.9. The van der Waals surface area contributed by atoms with Crippen molar-refractivity contribution >= 4 is 0 Å². The van der Waals surface area contributed by atoms with Gasteiger partial charge in [0.25, 0.3) is 0 Å². The Morgan fingerprint density at radius 1 is 1.27 bits per heavy atom. The summed E-state index contributed by atoms with van der Waals surface area (Å²) in [5, 5.41) is 0. The summed E-state index contributed by atoms with van der Waals surface area (Å²) in [5.74, 6) is 1.83. The van der Waals surface area contributed by atoms with Crippen molar-refractivity contribution in [3.05, 3.63) is 29.3 Å². The van der Waals surface area contributed by atoms with Crippen molar-refractivity contribution in [2.45, 2.75) is 45.4 Å². The van der Waals surface area contributed by atoms with Crippen LogP contribution in [0, 0.1) is 0 Å². The van der Waals surface area contributed by atoms with Gasteiger partial charge in [-0.15, -0.1) is 0 Å². The topological polar surface area (TPSA) is 9.23 Å². The van der Waals surface area contributed by atoms with Crippen molar-refractivity contribution < 1.29 is 4.74 Å². The molecule has 0 unspecified atom stereocenters. The molecule has 1 heterocycles. The summed E-state index contributed by atoms with van der Waals surface area (Å²) in [7, 11) is 0. The van der Waals surface area contributed by atoms with Gasteiger partial charge in [0.2, 0.25) is 0 Å². The first-order valence-electron chi connectivity index (χ1n) is 6.10. The molecule has 1 heteroatoms. The molecule has 0 atom stereocenters. The predicted octanol–water partition coefficient (Wildman–Crippen LogP) is 3.92. The fraction of sp³-hybridized carbons (Fsp3) is 0.571. The Bertz CT molecular complexity index is 326. The number of hydrogen-bond donors (Lipinski definition) is 0. The first-order chi connectivity index (χ1) is 7.35. The lowest BCUT2D eigenvalue weighted by Gasteiger charge is -2.20. The molecule has 15 heavy (non-hydrogen) atoms. The van der Waals surface area contributed by atoms with Crippen LogP contribution < -0.4 is 4.74 Å². The number of hydrogen-bond acceptors (Lipinski definition) is 1. The van der Waals surface area contributed by atoms with Crippen LogP contribution in [0.25, 0.3) is 0 Å². The zero-order valence-electron chi connectivity index (χ0n) is 9.75. The van der Waals surface area contributed by atoms with E-state index in [2.05, 4.69) is 32.0 Å². The lowest BCUT2D eigenvalue weighted by molar-refractivity contribution is 0.288. The lowest BCUT2D eigenvalue weighted by Crippen LogP contribution is -2.09. The highest BCUT2D eigenvalue weighted by atomic mass is 16.5. The van der Waals surface area contributed by atoms with Crippen molar-refractivity contribution in [1.82, 2.24) is 0 Å². The van der Waals surface area contributed by atoms with Crippen LogP contribution >= 0.6 is 0 Å². The van der Waals surface area contributed by atoms with E-state index in [-0.39, 0.29) is 0 Å². The second kappa shape index (κ2) is 4.69. The van der Waals surface area contributed by atoms with Gasteiger partial charge in [-0.3, -0.25) is 0 Å². The smallest absolute Gasteiger partial charge is 0.122 e. The van der Waals surface area contributed by atoms with Gasteiger partial charge in [-0.1, -0.05) is 26.0 Å². The van der Waals surface area contributed by atoms with Crippen LogP contribution in [0.2, 0.25) is 0 Å². The molecule has 1 aromatic carbocycles. The Labute approximate surface area is 92.5 Å². The first kappa shape index (κ1) is 10.5. The molecule has 0 bridgehead atoms. The maximum atomic E-state index is 5.63. The van der Waals surface area contributed by atoms with Crippen molar-refractivity contribution in [3.8, 4) is 5.75 Å². The van der Waals surface area contributed by atoms with E-state index in [1.54, 1.807) is 0 Å². The summed E-state index contributed by atoms with van der Waals surface area (Å²) >= 11 is 0. The maximum absolute atomic E-state index is 5.63. The van der Waals surface area contributed by atoms with Gasteiger partial charge < -0.3 is 4.74 Å². The van der Waals surface area contributed by atoms with Crippen LogP contribution in [0.1, 0.15) is 50.2 Å². The molecule has 82 valence electrons. The number of fused-ring (bicyclic) bond motifs is 1. The highest BCUT2D eigenvalue weighted by Gasteiger charge is 2.13. The fourth-order valence-electron chi connectivity index (χ4n) is 2.39. The van der Waals surface area contributed by atoms with Crippen LogP contribution in [-0.2, 0) is 6.42 Å². The number of benzene rings is 1. The average molecular weight is 204 g/mol. The number of rotatable bonds is 3. The van der Waals surface area contributed by atoms with E-state index in [4.69, 9.17) is 4.74 Å². The standard InChI is InChI=1S/C14H20O/c1-3-11(4-2)12-7-8-14-13(10-12)6-5-9-15-14/h7-8,10-11H,3-6,9H2,1-2H3. The Morgan fingerprint density at radius 2 is 2.07 bits per heavy atom. The van der Waals surface area contributed by atoms with Gasteiger partial charge in [0, 0.05) is 0 Å². The third-order valence-corrected chi connectivity index (χ3v) is 3.39. The van der Waals surface area contributed by atoms with E-state index < -0.39 is 0 Å². The second-order valence-corrected chi connectivity index (χ2v) is 4.33. The molecule has 1 aromatic rings. The molecule has 0 spiro atoms. The molecule has 2 rings (SSSR count). The number of ether oxygens (including phenoxy) is 1. The summed E-state index contributed by atoms with van der Waals surface area (Å²) in [4.78, 5) is 0. The van der Waals surface area contributed by atoms with Crippen LogP contribution in [0.3, 0.4) is 0 Å². The van der Waals surface area contributed by atoms with Crippen molar-refractivity contribution in [1.29, 1.82) is 0 Å². The summed E-state index contributed by atoms with van der Waals surface area (Å²) < 4.78 is 5.63. The molecular weight excluding hydrogens is 184 g/mol. The zero-order valence-corrected chi connectivity index (χ0v) is 9.75. The first-order valence-corrected chi connectivity index (χ1v) is 6.10. The number of aryl methyl sites for hydroxylation is 1. The van der Waals surface area contributed by atoms with Crippen LogP contribution in [0.4, 0.5) is 0 Å². The van der Waals surface area contributed by atoms with E-state index in [9.17, 15) is 0 Å². The molecule has 1 aliphatic rings. The monoisotopic (exact) mass is 204 g/mol. The molecular formula is C14H20O. The van der Waals surface area contributed by atoms with Gasteiger partial charge in [-0.25, -0.2) is 0 Å². The van der Waals surface area contributed by atoms with Gasteiger partial charge in [-0.05, 0) is 48.8 Å². The third-order valence-electron chi connectivity index (χ3n) is 3.39. The molecule has 0 aromatic heterocycles. The molecule has 0 fully saturated rings. The minimum atomic E-state index is 0.720. The average Bonchev–Trinajstić information content (AvgIpc) is 2.30. The van der Waals surface area contributed by atoms with Gasteiger partial charge in [0.15, 0.2) is 0 Å². The molecule has 1 aliphatic heterocycles. The molecule has 0 amide bonds. The summed E-state index contributed by atoms with van der Waals surface area (Å²) in [5.41, 5.74) is 2.90. The van der Waals surface area contributed by atoms with Crippen molar-refractivity contribution in [2.24, 2.45) is 0 Å². The Hall–Kier alpha value is -0.980. The maximum Gasteiger partial charge on any atom is 0.122 e. The summed E-state index contributed by atoms with van der Waals surface area (Å²) in [6.07, 6.45) is 4.81. The lowest BCUT2D eigenvalue weighted by atomic mass is 9.91. The molecule has 1 nitrogen and oxygen atoms in total. The largest absolute Gasteiger partial charge is 0.493 e. The van der Waals surface area contributed by atoms with E-state index in [0.717, 1.165) is 18.3 Å². The molecule has 0 saturated heterocycles. The van der Waals surface area contributed by atoms with Crippen molar-refractivity contribution in [2.75, 3.05) is 6.61 Å². The van der Waals surface area contributed by atoms with Crippen LogP contribution in [0.5, 0.6) is 5.75 Å². The van der Waals surface area contributed by atoms with E-state index >= 15 is 0 Å². The molecule has 0 aliphatic carbocycles. The van der Waals surface area contributed by atoms with Crippen LogP contribution in [0.15, 0.2) is 18.2 Å². The van der Waals surface area contributed by atoms with E-state index in [1.165, 1.54) is 36.8 Å². The summed E-state index contributed by atoms with van der Waals surface area (Å²) in [6.45, 7) is 5.42. The predicted molar refractivity (Wildman–Crippen MR) is 63.6 cm³/mol. The Kier molecular flexibility index (Phi) is 3.30. The van der Waals surface area contributed by atoms with Crippen molar-refractivity contribution in [3.63, 3.8) is 0 Å². The van der Waals surface area contributed by atoms with Gasteiger partial charge >= 0.3 is 0 Å². The molecule has 0 saturated carbocycles. The minimum Gasteiger partial charge on any atom is -0.493 e. The zero-order chi connectivity index (χ0) is 10.7. The van der Waals surface area contributed by atoms with E-state index in [0.29, 0.717) is 0 Å². The highest BCUT2D eigenvalue weighted by molar-refractivity contribution is 5.39. The Balaban J connectivity index is 2.27.